The van der Waals surface area contributed by atoms with Crippen molar-refractivity contribution in [1.82, 2.24) is 4.98 Å². The molecule has 1 heterocycles. The van der Waals surface area contributed by atoms with Crippen LogP contribution in [0.1, 0.15) is 12.6 Å². The molecule has 0 radical (unpaired) electrons. The Bertz CT molecular complexity index is 561. The maximum absolute atomic E-state index is 5.99. The molecule has 1 N–H and O–H groups in total. The highest BCUT2D eigenvalue weighted by Gasteiger charge is 2.02. The molecule has 2 aromatic rings. The average molecular weight is 313 g/mol. The molecule has 2 nitrogen and oxygen atoms in total. The van der Waals surface area contributed by atoms with Crippen molar-refractivity contribution in [3.05, 3.63) is 52.1 Å². The molecule has 0 atom stereocenters. The third kappa shape index (κ3) is 4.30. The number of anilines is 1. The van der Waals surface area contributed by atoms with Crippen LogP contribution in [-0.2, 0) is 5.75 Å². The minimum atomic E-state index is 0.582. The number of hydrogen-bond donors (Lipinski definition) is 1. The van der Waals surface area contributed by atoms with Crippen molar-refractivity contribution < 1.29 is 0 Å². The molecular formula is C14H14Cl2N2S. The molecule has 0 saturated carbocycles. The lowest BCUT2D eigenvalue weighted by molar-refractivity contribution is 1.11. The summed E-state index contributed by atoms with van der Waals surface area (Å²) < 4.78 is 0. The fourth-order valence-electron chi connectivity index (χ4n) is 1.56. The first-order valence-electron chi connectivity index (χ1n) is 5.96. The standard InChI is InChI=1S/C14H14Cl2N2S/c1-2-17-14-5-3-4-10(18-14)9-19-11-6-7-12(15)13(16)8-11/h3-8H,2,9H2,1H3,(H,17,18). The summed E-state index contributed by atoms with van der Waals surface area (Å²) in [4.78, 5) is 5.61. The van der Waals surface area contributed by atoms with E-state index >= 15 is 0 Å². The second-order valence-electron chi connectivity index (χ2n) is 3.91. The van der Waals surface area contributed by atoms with Gasteiger partial charge in [0.25, 0.3) is 0 Å². The summed E-state index contributed by atoms with van der Waals surface area (Å²) in [5.41, 5.74) is 1.04. The highest BCUT2D eigenvalue weighted by Crippen LogP contribution is 2.29. The van der Waals surface area contributed by atoms with Gasteiger partial charge in [-0.05, 0) is 37.3 Å². The predicted molar refractivity (Wildman–Crippen MR) is 84.4 cm³/mol. The first-order valence-corrected chi connectivity index (χ1v) is 7.71. The Morgan fingerprint density at radius 3 is 2.74 bits per heavy atom. The third-order valence-electron chi connectivity index (χ3n) is 2.44. The van der Waals surface area contributed by atoms with Gasteiger partial charge in [-0.15, -0.1) is 11.8 Å². The molecule has 0 aliphatic heterocycles. The van der Waals surface area contributed by atoms with Crippen LogP contribution < -0.4 is 5.32 Å². The van der Waals surface area contributed by atoms with Crippen molar-refractivity contribution in [3.63, 3.8) is 0 Å². The van der Waals surface area contributed by atoms with E-state index in [0.29, 0.717) is 10.0 Å². The minimum Gasteiger partial charge on any atom is -0.370 e. The molecule has 0 bridgehead atoms. The average Bonchev–Trinajstić information content (AvgIpc) is 2.41. The normalized spacial score (nSPS) is 10.5. The van der Waals surface area contributed by atoms with E-state index < -0.39 is 0 Å². The van der Waals surface area contributed by atoms with Crippen molar-refractivity contribution in [2.45, 2.75) is 17.6 Å². The van der Waals surface area contributed by atoms with Crippen molar-refractivity contribution in [2.75, 3.05) is 11.9 Å². The summed E-state index contributed by atoms with van der Waals surface area (Å²) in [7, 11) is 0. The fraction of sp³-hybridized carbons (Fsp3) is 0.214. The number of rotatable bonds is 5. The van der Waals surface area contributed by atoms with E-state index in [1.165, 1.54) is 0 Å². The molecule has 0 aliphatic rings. The van der Waals surface area contributed by atoms with Gasteiger partial charge in [0.05, 0.1) is 15.7 Å². The molecule has 100 valence electrons. The van der Waals surface area contributed by atoms with Gasteiger partial charge >= 0.3 is 0 Å². The zero-order valence-electron chi connectivity index (χ0n) is 10.5. The van der Waals surface area contributed by atoms with Gasteiger partial charge in [-0.25, -0.2) is 4.98 Å². The molecule has 19 heavy (non-hydrogen) atoms. The van der Waals surface area contributed by atoms with Crippen LogP contribution in [0, 0.1) is 0 Å². The molecule has 2 rings (SSSR count). The van der Waals surface area contributed by atoms with Gasteiger partial charge in [0.2, 0.25) is 0 Å². The van der Waals surface area contributed by atoms with Crippen LogP contribution in [0.2, 0.25) is 10.0 Å². The molecule has 1 aromatic carbocycles. The van der Waals surface area contributed by atoms with Gasteiger partial charge in [0, 0.05) is 17.2 Å². The SMILES string of the molecule is CCNc1cccc(CSc2ccc(Cl)c(Cl)c2)n1. The van der Waals surface area contributed by atoms with Crippen molar-refractivity contribution in [2.24, 2.45) is 0 Å². The summed E-state index contributed by atoms with van der Waals surface area (Å²) in [6.07, 6.45) is 0. The number of hydrogen-bond acceptors (Lipinski definition) is 3. The molecule has 1 aromatic heterocycles. The van der Waals surface area contributed by atoms with Gasteiger partial charge in [-0.3, -0.25) is 0 Å². The van der Waals surface area contributed by atoms with Crippen LogP contribution in [0.4, 0.5) is 5.82 Å². The highest BCUT2D eigenvalue weighted by molar-refractivity contribution is 7.98. The summed E-state index contributed by atoms with van der Waals surface area (Å²) in [6, 6.07) is 11.7. The van der Waals surface area contributed by atoms with Gasteiger partial charge in [0.15, 0.2) is 0 Å². The second-order valence-corrected chi connectivity index (χ2v) is 5.77. The largest absolute Gasteiger partial charge is 0.370 e. The van der Waals surface area contributed by atoms with E-state index in [-0.39, 0.29) is 0 Å². The molecule has 0 aliphatic carbocycles. The monoisotopic (exact) mass is 312 g/mol. The Morgan fingerprint density at radius 2 is 2.00 bits per heavy atom. The van der Waals surface area contributed by atoms with Crippen molar-refractivity contribution in [1.29, 1.82) is 0 Å². The molecule has 5 heteroatoms. The first kappa shape index (κ1) is 14.5. The lowest BCUT2D eigenvalue weighted by atomic mass is 10.3. The number of pyridine rings is 1. The number of thioether (sulfide) groups is 1. The lowest BCUT2D eigenvalue weighted by Gasteiger charge is -2.06. The van der Waals surface area contributed by atoms with Crippen LogP contribution in [0.5, 0.6) is 0 Å². The van der Waals surface area contributed by atoms with E-state index in [4.69, 9.17) is 23.2 Å². The summed E-state index contributed by atoms with van der Waals surface area (Å²) in [5, 5.41) is 4.37. The van der Waals surface area contributed by atoms with E-state index in [9.17, 15) is 0 Å². The van der Waals surface area contributed by atoms with Crippen molar-refractivity contribution >= 4 is 40.8 Å². The fourth-order valence-corrected chi connectivity index (χ4v) is 2.77. The molecule has 0 spiro atoms. The number of halogens is 2. The Balaban J connectivity index is 2.01. The summed E-state index contributed by atoms with van der Waals surface area (Å²) >= 11 is 13.6. The van der Waals surface area contributed by atoms with Gasteiger partial charge < -0.3 is 5.32 Å². The van der Waals surface area contributed by atoms with E-state index in [2.05, 4.69) is 17.2 Å². The van der Waals surface area contributed by atoms with Gasteiger partial charge in [-0.1, -0.05) is 29.3 Å². The molecule has 0 saturated heterocycles. The van der Waals surface area contributed by atoms with Gasteiger partial charge in [0.1, 0.15) is 5.82 Å². The summed E-state index contributed by atoms with van der Waals surface area (Å²) in [5.74, 6) is 1.71. The van der Waals surface area contributed by atoms with E-state index in [1.54, 1.807) is 11.8 Å². The number of nitrogens with one attached hydrogen (secondary N) is 1. The third-order valence-corrected chi connectivity index (χ3v) is 4.21. The first-order chi connectivity index (χ1) is 9.19. The molecular weight excluding hydrogens is 299 g/mol. The Morgan fingerprint density at radius 1 is 1.16 bits per heavy atom. The number of benzene rings is 1. The van der Waals surface area contributed by atoms with Crippen LogP contribution >= 0.6 is 35.0 Å². The maximum atomic E-state index is 5.99. The Labute approximate surface area is 127 Å². The predicted octanol–water partition coefficient (Wildman–Crippen LogP) is 5.11. The van der Waals surface area contributed by atoms with E-state index in [0.717, 1.165) is 28.7 Å². The van der Waals surface area contributed by atoms with Gasteiger partial charge in [-0.2, -0.15) is 0 Å². The van der Waals surface area contributed by atoms with Crippen LogP contribution in [0.15, 0.2) is 41.3 Å². The van der Waals surface area contributed by atoms with Crippen LogP contribution in [0.3, 0.4) is 0 Å². The zero-order chi connectivity index (χ0) is 13.7. The van der Waals surface area contributed by atoms with Crippen molar-refractivity contribution in [3.8, 4) is 0 Å². The Hall–Kier alpha value is -0.900. The maximum Gasteiger partial charge on any atom is 0.126 e. The summed E-state index contributed by atoms with van der Waals surface area (Å²) in [6.45, 7) is 2.93. The smallest absolute Gasteiger partial charge is 0.126 e. The van der Waals surface area contributed by atoms with E-state index in [1.807, 2.05) is 36.4 Å². The minimum absolute atomic E-state index is 0.582. The van der Waals surface area contributed by atoms with Crippen LogP contribution in [-0.4, -0.2) is 11.5 Å². The highest BCUT2D eigenvalue weighted by atomic mass is 35.5. The number of aromatic nitrogens is 1. The molecule has 0 fully saturated rings. The topological polar surface area (TPSA) is 24.9 Å². The number of nitrogens with zero attached hydrogens (tertiary/aromatic N) is 1. The quantitative estimate of drug-likeness (QED) is 0.776. The second kappa shape index (κ2) is 7.04. The molecule has 0 unspecified atom stereocenters. The zero-order valence-corrected chi connectivity index (χ0v) is 12.8. The van der Waals surface area contributed by atoms with Crippen LogP contribution in [0.25, 0.3) is 0 Å². The Kier molecular flexibility index (Phi) is 5.37. The lowest BCUT2D eigenvalue weighted by Crippen LogP contribution is -2.00. The molecule has 0 amide bonds.